The first-order valence-electron chi connectivity index (χ1n) is 6.45. The summed E-state index contributed by atoms with van der Waals surface area (Å²) in [6.45, 7) is 14.8. The van der Waals surface area contributed by atoms with Crippen molar-refractivity contribution in [2.75, 3.05) is 0 Å². The fraction of sp³-hybridized carbons (Fsp3) is 0.917. The van der Waals surface area contributed by atoms with E-state index in [4.69, 9.17) is 4.55 Å². The van der Waals surface area contributed by atoms with Gasteiger partial charge in [-0.05, 0) is 55.4 Å². The highest BCUT2D eigenvalue weighted by Crippen LogP contribution is 2.13. The third-order valence-electron chi connectivity index (χ3n) is 1.78. The van der Waals surface area contributed by atoms with Crippen LogP contribution in [0.1, 0.15) is 55.4 Å². The third-order valence-corrected chi connectivity index (χ3v) is 2.13. The van der Waals surface area contributed by atoms with Crippen molar-refractivity contribution in [3.63, 3.8) is 0 Å². The Hall–Kier alpha value is -0.860. The number of hydrogen-bond acceptors (Lipinski definition) is 4. The van der Waals surface area contributed by atoms with Gasteiger partial charge >= 0.3 is 10.4 Å². The molecule has 20 heavy (non-hydrogen) atoms. The molecular weight excluding hydrogens is 282 g/mol. The molecule has 7 nitrogen and oxygen atoms in total. The lowest BCUT2D eigenvalue weighted by atomic mass is 10.1. The first-order chi connectivity index (χ1) is 8.61. The minimum Gasteiger partial charge on any atom is -0.350 e. The second kappa shape index (κ2) is 6.28. The zero-order valence-electron chi connectivity index (χ0n) is 13.6. The van der Waals surface area contributed by atoms with Crippen LogP contribution in [0.3, 0.4) is 0 Å². The lowest BCUT2D eigenvalue weighted by molar-refractivity contribution is -0.0201. The van der Waals surface area contributed by atoms with Gasteiger partial charge in [0.25, 0.3) is 0 Å². The molecule has 0 rings (SSSR count). The molecular formula is C12H27N3O4S. The number of guanidine groups is 1. The van der Waals surface area contributed by atoms with Gasteiger partial charge in [0, 0.05) is 5.54 Å². The van der Waals surface area contributed by atoms with Gasteiger partial charge in [-0.15, -0.1) is 4.28 Å². The number of rotatable bonds is 3. The van der Waals surface area contributed by atoms with Crippen molar-refractivity contribution < 1.29 is 17.3 Å². The molecule has 0 aliphatic heterocycles. The van der Waals surface area contributed by atoms with E-state index in [9.17, 15) is 8.42 Å². The summed E-state index contributed by atoms with van der Waals surface area (Å²) in [5, 5.41) is 4.14. The average Bonchev–Trinajstić information content (AvgIpc) is 2.06. The molecule has 0 saturated carbocycles. The Bertz CT molecular complexity index is 444. The molecule has 0 saturated heterocycles. The lowest BCUT2D eigenvalue weighted by Gasteiger charge is -2.33. The van der Waals surface area contributed by atoms with E-state index in [1.165, 1.54) is 0 Å². The first kappa shape index (κ1) is 19.1. The highest BCUT2D eigenvalue weighted by molar-refractivity contribution is 7.80. The predicted octanol–water partition coefficient (Wildman–Crippen LogP) is 1.97. The standard InChI is InChI=1S/C12H27N3O4S/c1-9(2)15(19-20(16,17)18)10(13-11(3,4)5)14-12(6,7)8/h9H,1-8H3,(H,13,14)(H,16,17,18). The van der Waals surface area contributed by atoms with Crippen molar-refractivity contribution >= 4 is 16.4 Å². The Morgan fingerprint density at radius 3 is 1.90 bits per heavy atom. The number of hydrogen-bond donors (Lipinski definition) is 2. The molecule has 0 atom stereocenters. The molecule has 0 aromatic heterocycles. The second-order valence-corrected chi connectivity index (χ2v) is 7.91. The molecule has 0 aromatic rings. The van der Waals surface area contributed by atoms with Gasteiger partial charge in [-0.2, -0.15) is 13.5 Å². The topological polar surface area (TPSA) is 91.2 Å². The number of nitrogens with one attached hydrogen (secondary N) is 1. The molecule has 0 heterocycles. The van der Waals surface area contributed by atoms with Crippen LogP contribution >= 0.6 is 0 Å². The van der Waals surface area contributed by atoms with Crippen LogP contribution in [0.15, 0.2) is 4.99 Å². The summed E-state index contributed by atoms with van der Waals surface area (Å²) in [7, 11) is -4.62. The van der Waals surface area contributed by atoms with Crippen LogP contribution in [0.4, 0.5) is 0 Å². The van der Waals surface area contributed by atoms with Crippen LogP contribution in [0, 0.1) is 0 Å². The van der Waals surface area contributed by atoms with Gasteiger partial charge in [-0.25, -0.2) is 4.99 Å². The quantitative estimate of drug-likeness (QED) is 0.358. The summed E-state index contributed by atoms with van der Waals surface area (Å²) in [4.78, 5) is 4.43. The SMILES string of the molecule is CC(C)N(OS(=O)(=O)O)C(=NC(C)(C)C)NC(C)(C)C. The first-order valence-corrected chi connectivity index (χ1v) is 7.81. The molecule has 0 bridgehead atoms. The largest absolute Gasteiger partial charge is 0.418 e. The van der Waals surface area contributed by atoms with Gasteiger partial charge in [0.15, 0.2) is 0 Å². The fourth-order valence-electron chi connectivity index (χ4n) is 1.25. The summed E-state index contributed by atoms with van der Waals surface area (Å²) in [5.41, 5.74) is -0.789. The molecule has 2 N–H and O–H groups in total. The molecule has 0 aromatic carbocycles. The van der Waals surface area contributed by atoms with Crippen LogP contribution in [-0.4, -0.2) is 41.1 Å². The summed E-state index contributed by atoms with van der Waals surface area (Å²) in [6.07, 6.45) is 0. The molecule has 0 radical (unpaired) electrons. The Morgan fingerprint density at radius 2 is 1.65 bits per heavy atom. The lowest BCUT2D eigenvalue weighted by Crippen LogP contribution is -2.53. The van der Waals surface area contributed by atoms with Crippen molar-refractivity contribution in [2.24, 2.45) is 4.99 Å². The molecule has 0 amide bonds. The van der Waals surface area contributed by atoms with Gasteiger partial charge in [0.05, 0.1) is 11.6 Å². The third kappa shape index (κ3) is 9.11. The van der Waals surface area contributed by atoms with E-state index in [0.717, 1.165) is 5.06 Å². The molecule has 0 spiro atoms. The molecule has 120 valence electrons. The van der Waals surface area contributed by atoms with Crippen LogP contribution in [0.5, 0.6) is 0 Å². The van der Waals surface area contributed by atoms with E-state index >= 15 is 0 Å². The maximum atomic E-state index is 11.0. The van der Waals surface area contributed by atoms with E-state index in [1.54, 1.807) is 13.8 Å². The van der Waals surface area contributed by atoms with E-state index in [-0.39, 0.29) is 17.5 Å². The normalized spacial score (nSPS) is 14.6. The van der Waals surface area contributed by atoms with E-state index < -0.39 is 15.9 Å². The van der Waals surface area contributed by atoms with Crippen molar-refractivity contribution in [2.45, 2.75) is 72.5 Å². The summed E-state index contributed by atoms with van der Waals surface area (Å²) >= 11 is 0. The minimum atomic E-state index is -4.62. The Kier molecular flexibility index (Phi) is 6.01. The highest BCUT2D eigenvalue weighted by atomic mass is 32.3. The minimum absolute atomic E-state index is 0.248. The van der Waals surface area contributed by atoms with E-state index in [2.05, 4.69) is 14.6 Å². The van der Waals surface area contributed by atoms with Crippen LogP contribution < -0.4 is 5.32 Å². The average molecular weight is 309 g/mol. The number of hydroxylamine groups is 2. The predicted molar refractivity (Wildman–Crippen MR) is 79.7 cm³/mol. The molecule has 0 aliphatic rings. The number of nitrogens with zero attached hydrogens (tertiary/aromatic N) is 2. The van der Waals surface area contributed by atoms with Crippen molar-refractivity contribution in [1.29, 1.82) is 0 Å². The van der Waals surface area contributed by atoms with Gasteiger partial charge in [0.1, 0.15) is 0 Å². The summed E-state index contributed by atoms with van der Waals surface area (Å²) in [6, 6.07) is -0.340. The zero-order chi connectivity index (χ0) is 16.4. The van der Waals surface area contributed by atoms with Crippen LogP contribution in [-0.2, 0) is 14.7 Å². The highest BCUT2D eigenvalue weighted by Gasteiger charge is 2.27. The maximum Gasteiger partial charge on any atom is 0.418 e. The fourth-order valence-corrected chi connectivity index (χ4v) is 1.70. The van der Waals surface area contributed by atoms with Gasteiger partial charge in [-0.1, -0.05) is 0 Å². The summed E-state index contributed by atoms with van der Waals surface area (Å²) in [5.74, 6) is 0.248. The second-order valence-electron chi connectivity index (χ2n) is 6.90. The van der Waals surface area contributed by atoms with Crippen LogP contribution in [0.2, 0.25) is 0 Å². The Morgan fingerprint density at radius 1 is 1.20 bits per heavy atom. The number of aliphatic imine (C=N–C) groups is 1. The van der Waals surface area contributed by atoms with Crippen LogP contribution in [0.25, 0.3) is 0 Å². The van der Waals surface area contributed by atoms with Gasteiger partial charge in [-0.3, -0.25) is 4.55 Å². The monoisotopic (exact) mass is 309 g/mol. The molecule has 8 heteroatoms. The van der Waals surface area contributed by atoms with Gasteiger partial charge < -0.3 is 5.32 Å². The van der Waals surface area contributed by atoms with Crippen molar-refractivity contribution in [3.8, 4) is 0 Å². The zero-order valence-corrected chi connectivity index (χ0v) is 14.4. The molecule has 0 aliphatic carbocycles. The van der Waals surface area contributed by atoms with Gasteiger partial charge in [0.2, 0.25) is 5.96 Å². The Labute approximate surface area is 122 Å². The Balaban J connectivity index is 5.61. The maximum absolute atomic E-state index is 11.0. The molecule has 0 fully saturated rings. The summed E-state index contributed by atoms with van der Waals surface area (Å²) < 4.78 is 35.5. The van der Waals surface area contributed by atoms with E-state index in [0.29, 0.717) is 0 Å². The van der Waals surface area contributed by atoms with Crippen molar-refractivity contribution in [1.82, 2.24) is 10.4 Å². The van der Waals surface area contributed by atoms with Crippen molar-refractivity contribution in [3.05, 3.63) is 0 Å². The smallest absolute Gasteiger partial charge is 0.350 e. The molecule has 0 unspecified atom stereocenters. The van der Waals surface area contributed by atoms with E-state index in [1.807, 2.05) is 41.5 Å².